The van der Waals surface area contributed by atoms with Gasteiger partial charge in [-0.2, -0.15) is 0 Å². The molecule has 0 aliphatic rings. The third-order valence-electron chi connectivity index (χ3n) is 2.16. The van der Waals surface area contributed by atoms with Crippen LogP contribution in [0.25, 0.3) is 0 Å². The molecule has 100 valence electrons. The predicted octanol–water partition coefficient (Wildman–Crippen LogP) is -0.334. The van der Waals surface area contributed by atoms with Crippen molar-refractivity contribution in [2.75, 3.05) is 12.4 Å². The Kier molecular flexibility index (Phi) is 4.62. The molecular formula is C10H16N4O3S. The number of nitrogens with zero attached hydrogens (tertiary/aromatic N) is 1. The Bertz CT molecular complexity index is 530. The van der Waals surface area contributed by atoms with E-state index >= 15 is 0 Å². The van der Waals surface area contributed by atoms with Gasteiger partial charge < -0.3 is 11.1 Å². The second kappa shape index (κ2) is 5.78. The van der Waals surface area contributed by atoms with Gasteiger partial charge in [-0.05, 0) is 19.1 Å². The van der Waals surface area contributed by atoms with Gasteiger partial charge in [-0.3, -0.25) is 4.79 Å². The van der Waals surface area contributed by atoms with Crippen LogP contribution in [0.4, 0.5) is 5.82 Å². The lowest BCUT2D eigenvalue weighted by Crippen LogP contribution is -2.36. The van der Waals surface area contributed by atoms with E-state index in [4.69, 9.17) is 5.73 Å². The largest absolute Gasteiger partial charge is 0.372 e. The molecule has 1 unspecified atom stereocenters. The van der Waals surface area contributed by atoms with Gasteiger partial charge in [0.25, 0.3) is 0 Å². The van der Waals surface area contributed by atoms with E-state index < -0.39 is 22.0 Å². The SMILES string of the molecule is CNc1ncccc1S(=O)(=O)NC(C)CC(N)=O. The van der Waals surface area contributed by atoms with Crippen LogP contribution in [0.2, 0.25) is 0 Å². The predicted molar refractivity (Wildman–Crippen MR) is 67.4 cm³/mol. The highest BCUT2D eigenvalue weighted by molar-refractivity contribution is 7.89. The van der Waals surface area contributed by atoms with Crippen LogP contribution in [-0.4, -0.2) is 32.4 Å². The maximum Gasteiger partial charge on any atom is 0.244 e. The fraction of sp³-hybridized carbons (Fsp3) is 0.400. The molecule has 0 saturated carbocycles. The van der Waals surface area contributed by atoms with Crippen LogP contribution in [0.3, 0.4) is 0 Å². The molecular weight excluding hydrogens is 256 g/mol. The Morgan fingerprint density at radius 1 is 1.56 bits per heavy atom. The number of nitrogens with two attached hydrogens (primary N) is 1. The van der Waals surface area contributed by atoms with Gasteiger partial charge >= 0.3 is 0 Å². The highest BCUT2D eigenvalue weighted by Crippen LogP contribution is 2.17. The molecule has 18 heavy (non-hydrogen) atoms. The minimum Gasteiger partial charge on any atom is -0.372 e. The van der Waals surface area contributed by atoms with E-state index in [1.54, 1.807) is 14.0 Å². The number of rotatable bonds is 6. The molecule has 1 amide bonds. The molecule has 0 bridgehead atoms. The van der Waals surface area contributed by atoms with E-state index in [-0.39, 0.29) is 17.1 Å². The van der Waals surface area contributed by atoms with Crippen molar-refractivity contribution in [3.8, 4) is 0 Å². The molecule has 1 heterocycles. The number of pyridine rings is 1. The average Bonchev–Trinajstić information content (AvgIpc) is 2.27. The van der Waals surface area contributed by atoms with Gasteiger partial charge in [-0.1, -0.05) is 0 Å². The lowest BCUT2D eigenvalue weighted by Gasteiger charge is -2.14. The molecule has 1 aromatic rings. The van der Waals surface area contributed by atoms with Crippen LogP contribution in [0.15, 0.2) is 23.2 Å². The molecule has 0 aliphatic heterocycles. The number of nitrogens with one attached hydrogen (secondary N) is 2. The molecule has 0 aromatic carbocycles. The molecule has 8 heteroatoms. The molecule has 1 atom stereocenters. The Morgan fingerprint density at radius 3 is 2.78 bits per heavy atom. The summed E-state index contributed by atoms with van der Waals surface area (Å²) in [5.41, 5.74) is 5.01. The lowest BCUT2D eigenvalue weighted by molar-refractivity contribution is -0.118. The zero-order chi connectivity index (χ0) is 13.8. The molecule has 7 nitrogen and oxygen atoms in total. The topological polar surface area (TPSA) is 114 Å². The molecule has 0 saturated heterocycles. The molecule has 1 rings (SSSR count). The summed E-state index contributed by atoms with van der Waals surface area (Å²) < 4.78 is 26.5. The van der Waals surface area contributed by atoms with E-state index in [0.717, 1.165) is 0 Å². The van der Waals surface area contributed by atoms with Crippen LogP contribution in [0, 0.1) is 0 Å². The third-order valence-corrected chi connectivity index (χ3v) is 3.78. The van der Waals surface area contributed by atoms with Crippen LogP contribution in [-0.2, 0) is 14.8 Å². The number of anilines is 1. The number of aromatic nitrogens is 1. The van der Waals surface area contributed by atoms with Crippen LogP contribution >= 0.6 is 0 Å². The van der Waals surface area contributed by atoms with E-state index in [1.165, 1.54) is 18.3 Å². The summed E-state index contributed by atoms with van der Waals surface area (Å²) in [6.07, 6.45) is 1.42. The van der Waals surface area contributed by atoms with Crippen molar-refractivity contribution in [2.24, 2.45) is 5.73 Å². The summed E-state index contributed by atoms with van der Waals surface area (Å²) >= 11 is 0. The highest BCUT2D eigenvalue weighted by Gasteiger charge is 2.21. The number of hydrogen-bond donors (Lipinski definition) is 3. The summed E-state index contributed by atoms with van der Waals surface area (Å²) in [5.74, 6) is -0.318. The van der Waals surface area contributed by atoms with Crippen LogP contribution in [0.1, 0.15) is 13.3 Å². The number of carbonyl (C=O) groups is 1. The normalized spacial score (nSPS) is 13.0. The van der Waals surface area contributed by atoms with E-state index in [0.29, 0.717) is 0 Å². The van der Waals surface area contributed by atoms with E-state index in [9.17, 15) is 13.2 Å². The van der Waals surface area contributed by atoms with Gasteiger partial charge in [0.2, 0.25) is 15.9 Å². The van der Waals surface area contributed by atoms with Crippen molar-refractivity contribution in [3.05, 3.63) is 18.3 Å². The third kappa shape index (κ3) is 3.67. The number of hydrogen-bond acceptors (Lipinski definition) is 5. The molecule has 0 fully saturated rings. The minimum atomic E-state index is -3.73. The van der Waals surface area contributed by atoms with E-state index in [2.05, 4.69) is 15.0 Å². The maximum absolute atomic E-state index is 12.1. The summed E-state index contributed by atoms with van der Waals surface area (Å²) in [5, 5.41) is 2.69. The van der Waals surface area contributed by atoms with Crippen molar-refractivity contribution in [1.29, 1.82) is 0 Å². The average molecular weight is 272 g/mol. The number of carbonyl (C=O) groups excluding carboxylic acids is 1. The van der Waals surface area contributed by atoms with Crippen LogP contribution in [0.5, 0.6) is 0 Å². The molecule has 4 N–H and O–H groups in total. The van der Waals surface area contributed by atoms with Crippen molar-refractivity contribution < 1.29 is 13.2 Å². The smallest absolute Gasteiger partial charge is 0.244 e. The highest BCUT2D eigenvalue weighted by atomic mass is 32.2. The second-order valence-electron chi connectivity index (χ2n) is 3.79. The zero-order valence-corrected chi connectivity index (χ0v) is 11.0. The van der Waals surface area contributed by atoms with Crippen molar-refractivity contribution in [2.45, 2.75) is 24.3 Å². The van der Waals surface area contributed by atoms with Crippen LogP contribution < -0.4 is 15.8 Å². The first-order valence-corrected chi connectivity index (χ1v) is 6.78. The van der Waals surface area contributed by atoms with E-state index in [1.807, 2.05) is 0 Å². The minimum absolute atomic E-state index is 0.0313. The number of primary amides is 1. The molecule has 0 spiro atoms. The molecule has 1 aromatic heterocycles. The van der Waals surface area contributed by atoms with Gasteiger partial charge in [0.1, 0.15) is 10.7 Å². The zero-order valence-electron chi connectivity index (χ0n) is 10.2. The number of sulfonamides is 1. The summed E-state index contributed by atoms with van der Waals surface area (Å²) in [6.45, 7) is 1.57. The first kappa shape index (κ1) is 14.4. The Morgan fingerprint density at radius 2 is 2.22 bits per heavy atom. The quantitative estimate of drug-likeness (QED) is 0.656. The lowest BCUT2D eigenvalue weighted by atomic mass is 10.2. The van der Waals surface area contributed by atoms with Gasteiger partial charge in [0, 0.05) is 25.7 Å². The monoisotopic (exact) mass is 272 g/mol. The maximum atomic E-state index is 12.1. The van der Waals surface area contributed by atoms with Gasteiger partial charge in [0.15, 0.2) is 0 Å². The summed E-state index contributed by atoms with van der Waals surface area (Å²) in [7, 11) is -2.15. The van der Waals surface area contributed by atoms with Crippen molar-refractivity contribution in [1.82, 2.24) is 9.71 Å². The fourth-order valence-electron chi connectivity index (χ4n) is 1.47. The van der Waals surface area contributed by atoms with Gasteiger partial charge in [0.05, 0.1) is 0 Å². The van der Waals surface area contributed by atoms with Gasteiger partial charge in [-0.15, -0.1) is 0 Å². The standard InChI is InChI=1S/C10H16N4O3S/c1-7(6-9(11)15)14-18(16,17)8-4-3-5-13-10(8)12-2/h3-5,7,14H,6H2,1-2H3,(H2,11,15)(H,12,13). The molecule has 0 aliphatic carbocycles. The first-order chi connectivity index (χ1) is 8.36. The Labute approximate surface area is 106 Å². The van der Waals surface area contributed by atoms with Gasteiger partial charge in [-0.25, -0.2) is 18.1 Å². The fourth-order valence-corrected chi connectivity index (χ4v) is 2.87. The number of amides is 1. The molecule has 0 radical (unpaired) electrons. The Balaban J connectivity index is 2.96. The van der Waals surface area contributed by atoms with Crippen molar-refractivity contribution >= 4 is 21.7 Å². The summed E-state index contributed by atoms with van der Waals surface area (Å²) in [6, 6.07) is 2.38. The second-order valence-corrected chi connectivity index (χ2v) is 5.48. The Hall–Kier alpha value is -1.67. The summed E-state index contributed by atoms with van der Waals surface area (Å²) in [4.78, 5) is 14.7. The van der Waals surface area contributed by atoms with Crippen molar-refractivity contribution in [3.63, 3.8) is 0 Å². The first-order valence-electron chi connectivity index (χ1n) is 5.30.